The van der Waals surface area contributed by atoms with E-state index < -0.39 is 0 Å². The van der Waals surface area contributed by atoms with E-state index in [9.17, 15) is 4.79 Å². The second kappa shape index (κ2) is 6.96. The third-order valence-electron chi connectivity index (χ3n) is 2.01. The minimum absolute atomic E-state index is 0.179. The van der Waals surface area contributed by atoms with E-state index >= 15 is 0 Å². The fourth-order valence-corrected chi connectivity index (χ4v) is 1.21. The van der Waals surface area contributed by atoms with Crippen molar-refractivity contribution in [2.45, 2.75) is 19.4 Å². The van der Waals surface area contributed by atoms with Crippen LogP contribution in [0.15, 0.2) is 43.0 Å². The fourth-order valence-electron chi connectivity index (χ4n) is 1.21. The van der Waals surface area contributed by atoms with Crippen LogP contribution in [0.2, 0.25) is 0 Å². The molecule has 0 N–H and O–H groups in total. The van der Waals surface area contributed by atoms with E-state index in [1.54, 1.807) is 6.08 Å². The molecule has 1 aromatic rings. The molecular weight excluding hydrogens is 188 g/mol. The van der Waals surface area contributed by atoms with Gasteiger partial charge in [0.15, 0.2) is 0 Å². The number of allylic oxidation sites excluding steroid dienone is 1. The van der Waals surface area contributed by atoms with Gasteiger partial charge in [-0.3, -0.25) is 4.79 Å². The van der Waals surface area contributed by atoms with Crippen molar-refractivity contribution in [3.8, 4) is 0 Å². The van der Waals surface area contributed by atoms with Crippen LogP contribution in [0.4, 0.5) is 0 Å². The largest absolute Gasteiger partial charge is 0.376 e. The molecule has 80 valence electrons. The summed E-state index contributed by atoms with van der Waals surface area (Å²) in [6, 6.07) is 9.93. The maximum absolute atomic E-state index is 11.1. The van der Waals surface area contributed by atoms with Gasteiger partial charge in [0, 0.05) is 12.8 Å². The maximum Gasteiger partial charge on any atom is 0.138 e. The summed E-state index contributed by atoms with van der Waals surface area (Å²) >= 11 is 0. The molecule has 0 aliphatic carbocycles. The number of ketones is 1. The molecule has 15 heavy (non-hydrogen) atoms. The van der Waals surface area contributed by atoms with Gasteiger partial charge in [0.05, 0.1) is 13.2 Å². The second-order valence-corrected chi connectivity index (χ2v) is 3.32. The van der Waals surface area contributed by atoms with Gasteiger partial charge in [-0.15, -0.1) is 6.58 Å². The van der Waals surface area contributed by atoms with Crippen LogP contribution < -0.4 is 0 Å². The Morgan fingerprint density at radius 3 is 2.73 bits per heavy atom. The van der Waals surface area contributed by atoms with E-state index in [4.69, 9.17) is 4.74 Å². The number of hydrogen-bond acceptors (Lipinski definition) is 2. The molecule has 0 radical (unpaired) electrons. The Hall–Kier alpha value is -1.41. The van der Waals surface area contributed by atoms with Crippen molar-refractivity contribution in [3.05, 3.63) is 48.6 Å². The summed E-state index contributed by atoms with van der Waals surface area (Å²) in [7, 11) is 0. The van der Waals surface area contributed by atoms with Crippen LogP contribution in [-0.2, 0) is 16.1 Å². The topological polar surface area (TPSA) is 26.3 Å². The Morgan fingerprint density at radius 1 is 1.33 bits per heavy atom. The average Bonchev–Trinajstić information content (AvgIpc) is 2.26. The van der Waals surface area contributed by atoms with Crippen LogP contribution in [0.25, 0.3) is 0 Å². The van der Waals surface area contributed by atoms with Crippen molar-refractivity contribution in [2.75, 3.05) is 6.61 Å². The van der Waals surface area contributed by atoms with Gasteiger partial charge in [0.1, 0.15) is 5.78 Å². The monoisotopic (exact) mass is 204 g/mol. The van der Waals surface area contributed by atoms with Gasteiger partial charge in [-0.05, 0) is 5.56 Å². The molecule has 1 rings (SSSR count). The lowest BCUT2D eigenvalue weighted by Gasteiger charge is -2.02. The van der Waals surface area contributed by atoms with E-state index in [2.05, 4.69) is 6.58 Å². The van der Waals surface area contributed by atoms with Crippen LogP contribution in [0.1, 0.15) is 18.4 Å². The third-order valence-corrected chi connectivity index (χ3v) is 2.01. The lowest BCUT2D eigenvalue weighted by atomic mass is 10.2. The van der Waals surface area contributed by atoms with Crippen molar-refractivity contribution in [1.82, 2.24) is 0 Å². The molecule has 0 saturated heterocycles. The number of hydrogen-bond donors (Lipinski definition) is 0. The van der Waals surface area contributed by atoms with Crippen LogP contribution >= 0.6 is 0 Å². The van der Waals surface area contributed by atoms with Crippen molar-refractivity contribution in [2.24, 2.45) is 0 Å². The van der Waals surface area contributed by atoms with Crippen molar-refractivity contribution >= 4 is 5.78 Å². The number of carbonyl (C=O) groups is 1. The predicted octanol–water partition coefficient (Wildman–Crippen LogP) is 2.74. The molecule has 0 aliphatic rings. The third kappa shape index (κ3) is 5.13. The predicted molar refractivity (Wildman–Crippen MR) is 60.5 cm³/mol. The van der Waals surface area contributed by atoms with E-state index in [-0.39, 0.29) is 5.78 Å². The highest BCUT2D eigenvalue weighted by Gasteiger charge is 1.98. The number of benzene rings is 1. The average molecular weight is 204 g/mol. The van der Waals surface area contributed by atoms with Gasteiger partial charge in [-0.1, -0.05) is 36.4 Å². The molecule has 0 aromatic heterocycles. The highest BCUT2D eigenvalue weighted by atomic mass is 16.5. The van der Waals surface area contributed by atoms with E-state index in [0.717, 1.165) is 5.56 Å². The fraction of sp³-hybridized carbons (Fsp3) is 0.308. The summed E-state index contributed by atoms with van der Waals surface area (Å²) in [5.41, 5.74) is 1.13. The van der Waals surface area contributed by atoms with Crippen molar-refractivity contribution < 1.29 is 9.53 Å². The molecule has 0 atom stereocenters. The first-order valence-electron chi connectivity index (χ1n) is 5.07. The van der Waals surface area contributed by atoms with Crippen LogP contribution in [0.5, 0.6) is 0 Å². The molecule has 0 amide bonds. The minimum atomic E-state index is 0.179. The maximum atomic E-state index is 11.1. The van der Waals surface area contributed by atoms with Crippen molar-refractivity contribution in [3.63, 3.8) is 0 Å². The molecule has 0 heterocycles. The summed E-state index contributed by atoms with van der Waals surface area (Å²) in [5.74, 6) is 0.179. The first-order chi connectivity index (χ1) is 7.33. The quantitative estimate of drug-likeness (QED) is 0.504. The first kappa shape index (κ1) is 11.7. The van der Waals surface area contributed by atoms with E-state index in [0.29, 0.717) is 26.1 Å². The zero-order valence-corrected chi connectivity index (χ0v) is 8.82. The summed E-state index contributed by atoms with van der Waals surface area (Å²) in [4.78, 5) is 11.1. The van der Waals surface area contributed by atoms with E-state index in [1.807, 2.05) is 30.3 Å². The lowest BCUT2D eigenvalue weighted by Crippen LogP contribution is -2.03. The second-order valence-electron chi connectivity index (χ2n) is 3.32. The molecule has 2 heteroatoms. The van der Waals surface area contributed by atoms with Crippen molar-refractivity contribution in [1.29, 1.82) is 0 Å². The number of rotatable bonds is 7. The molecule has 0 unspecified atom stereocenters. The smallest absolute Gasteiger partial charge is 0.138 e. The van der Waals surface area contributed by atoms with Gasteiger partial charge in [-0.2, -0.15) is 0 Å². The van der Waals surface area contributed by atoms with Gasteiger partial charge in [0.2, 0.25) is 0 Å². The Bertz CT molecular complexity index is 304. The molecule has 0 saturated carbocycles. The Kier molecular flexibility index (Phi) is 5.41. The Morgan fingerprint density at radius 2 is 2.07 bits per heavy atom. The molecule has 0 aliphatic heterocycles. The molecule has 0 fully saturated rings. The van der Waals surface area contributed by atoms with Gasteiger partial charge in [0.25, 0.3) is 0 Å². The lowest BCUT2D eigenvalue weighted by molar-refractivity contribution is -0.119. The first-order valence-corrected chi connectivity index (χ1v) is 5.07. The molecule has 2 nitrogen and oxygen atoms in total. The number of carbonyl (C=O) groups excluding carboxylic acids is 1. The number of ether oxygens (including phenoxy) is 1. The van der Waals surface area contributed by atoms with Crippen LogP contribution in [0.3, 0.4) is 0 Å². The summed E-state index contributed by atoms with van der Waals surface area (Å²) in [6.07, 6.45) is 2.53. The Balaban J connectivity index is 2.12. The van der Waals surface area contributed by atoms with E-state index in [1.165, 1.54) is 0 Å². The Labute approximate surface area is 90.6 Å². The molecule has 0 spiro atoms. The van der Waals surface area contributed by atoms with Gasteiger partial charge >= 0.3 is 0 Å². The summed E-state index contributed by atoms with van der Waals surface area (Å²) in [5, 5.41) is 0. The number of Topliss-reactive ketones (excluding diaryl/α,β-unsaturated/α-hetero) is 1. The van der Waals surface area contributed by atoms with Crippen LogP contribution in [0, 0.1) is 0 Å². The zero-order valence-electron chi connectivity index (χ0n) is 8.82. The van der Waals surface area contributed by atoms with Crippen LogP contribution in [-0.4, -0.2) is 12.4 Å². The molecule has 1 aromatic carbocycles. The summed E-state index contributed by atoms with van der Waals surface area (Å²) < 4.78 is 5.38. The normalized spacial score (nSPS) is 9.87. The summed E-state index contributed by atoms with van der Waals surface area (Å²) in [6.45, 7) is 4.57. The van der Waals surface area contributed by atoms with Gasteiger partial charge in [-0.25, -0.2) is 0 Å². The highest BCUT2D eigenvalue weighted by Crippen LogP contribution is 2.01. The molecule has 0 bridgehead atoms. The SMILES string of the molecule is C=CCC(=O)CCOCc1ccccc1. The zero-order chi connectivity index (χ0) is 10.9. The minimum Gasteiger partial charge on any atom is -0.376 e. The van der Waals surface area contributed by atoms with Gasteiger partial charge < -0.3 is 4.74 Å². The highest BCUT2D eigenvalue weighted by molar-refractivity contribution is 5.79. The molecular formula is C13H16O2. The standard InChI is InChI=1S/C13H16O2/c1-2-6-13(14)9-10-15-11-12-7-4-3-5-8-12/h2-5,7-8H,1,6,9-11H2.